The molecule has 4 rings (SSSR count). The molecule has 38 heavy (non-hydrogen) atoms. The normalized spacial score (nSPS) is 10.4. The molecule has 3 aromatic carbocycles. The summed E-state index contributed by atoms with van der Waals surface area (Å²) in [4.78, 5) is 37.0. The molecule has 0 fully saturated rings. The Morgan fingerprint density at radius 3 is 1.82 bits per heavy atom. The van der Waals surface area contributed by atoms with Gasteiger partial charge in [0.15, 0.2) is 0 Å². The van der Waals surface area contributed by atoms with E-state index in [0.29, 0.717) is 47.6 Å². The number of ether oxygens (including phenoxy) is 2. The van der Waals surface area contributed by atoms with E-state index in [1.165, 1.54) is 0 Å². The van der Waals surface area contributed by atoms with E-state index in [4.69, 9.17) is 9.47 Å². The predicted molar refractivity (Wildman–Crippen MR) is 146 cm³/mol. The summed E-state index contributed by atoms with van der Waals surface area (Å²) >= 11 is 0. The molecule has 0 radical (unpaired) electrons. The highest BCUT2D eigenvalue weighted by Gasteiger charge is 2.11. The molecule has 0 amide bonds. The van der Waals surface area contributed by atoms with E-state index in [1.807, 2.05) is 31.2 Å². The van der Waals surface area contributed by atoms with E-state index >= 15 is 0 Å². The molecule has 0 aliphatic rings. The highest BCUT2D eigenvalue weighted by molar-refractivity contribution is 5.89. The van der Waals surface area contributed by atoms with Gasteiger partial charge in [0.05, 0.1) is 12.2 Å². The van der Waals surface area contributed by atoms with E-state index in [-0.39, 0.29) is 17.9 Å². The molecular formula is C28H28N6O4. The minimum atomic E-state index is -0.384. The monoisotopic (exact) mass is 512 g/mol. The molecule has 0 aliphatic heterocycles. The van der Waals surface area contributed by atoms with Gasteiger partial charge < -0.3 is 25.4 Å². The lowest BCUT2D eigenvalue weighted by Gasteiger charge is -2.12. The first-order valence-corrected chi connectivity index (χ1v) is 12.1. The number of benzene rings is 3. The van der Waals surface area contributed by atoms with Crippen LogP contribution in [0.4, 0.5) is 34.9 Å². The molecule has 194 valence electrons. The number of rotatable bonds is 10. The second-order valence-electron chi connectivity index (χ2n) is 8.20. The molecule has 4 aromatic rings. The maximum absolute atomic E-state index is 11.9. The third kappa shape index (κ3) is 7.26. The SMILES string of the molecule is CCOC(=O)c1ccc(Nc2nc(Nc3ccc(OC(=O)CC)cc3)nc(Nc3cccc(C)c3)n2)cc1. The van der Waals surface area contributed by atoms with Crippen molar-refractivity contribution in [1.29, 1.82) is 0 Å². The third-order valence-electron chi connectivity index (χ3n) is 5.19. The zero-order valence-corrected chi connectivity index (χ0v) is 21.3. The lowest BCUT2D eigenvalue weighted by Crippen LogP contribution is -2.08. The van der Waals surface area contributed by atoms with E-state index in [0.717, 1.165) is 11.3 Å². The molecule has 0 unspecified atom stereocenters. The van der Waals surface area contributed by atoms with Crippen molar-refractivity contribution in [3.05, 3.63) is 83.9 Å². The minimum Gasteiger partial charge on any atom is -0.462 e. The number of hydrogen-bond acceptors (Lipinski definition) is 10. The van der Waals surface area contributed by atoms with Gasteiger partial charge in [-0.3, -0.25) is 4.79 Å². The van der Waals surface area contributed by atoms with Gasteiger partial charge in [-0.2, -0.15) is 15.0 Å². The van der Waals surface area contributed by atoms with Crippen LogP contribution < -0.4 is 20.7 Å². The maximum atomic E-state index is 11.9. The van der Waals surface area contributed by atoms with Gasteiger partial charge in [0.25, 0.3) is 0 Å². The van der Waals surface area contributed by atoms with Crippen molar-refractivity contribution in [1.82, 2.24) is 15.0 Å². The third-order valence-corrected chi connectivity index (χ3v) is 5.19. The van der Waals surface area contributed by atoms with Crippen molar-refractivity contribution in [2.45, 2.75) is 27.2 Å². The Labute approximate surface area is 220 Å². The number of esters is 2. The van der Waals surface area contributed by atoms with Gasteiger partial charge in [0, 0.05) is 23.5 Å². The first-order valence-electron chi connectivity index (χ1n) is 12.1. The summed E-state index contributed by atoms with van der Waals surface area (Å²) in [5, 5.41) is 9.52. The number of aryl methyl sites for hydroxylation is 1. The number of carbonyl (C=O) groups excluding carboxylic acids is 2. The fourth-order valence-corrected chi connectivity index (χ4v) is 3.37. The Kier molecular flexibility index (Phi) is 8.45. The van der Waals surface area contributed by atoms with E-state index < -0.39 is 0 Å². The zero-order chi connectivity index (χ0) is 26.9. The van der Waals surface area contributed by atoms with Crippen LogP contribution in [0.5, 0.6) is 5.75 Å². The molecular weight excluding hydrogens is 484 g/mol. The van der Waals surface area contributed by atoms with Crippen molar-refractivity contribution in [3.63, 3.8) is 0 Å². The Bertz CT molecular complexity index is 1410. The fourth-order valence-electron chi connectivity index (χ4n) is 3.37. The summed E-state index contributed by atoms with van der Waals surface area (Å²) in [5.41, 5.74) is 3.74. The number of nitrogens with one attached hydrogen (secondary N) is 3. The van der Waals surface area contributed by atoms with Crippen molar-refractivity contribution < 1.29 is 19.1 Å². The highest BCUT2D eigenvalue weighted by Crippen LogP contribution is 2.23. The number of hydrogen-bond donors (Lipinski definition) is 3. The average Bonchev–Trinajstić information content (AvgIpc) is 2.90. The van der Waals surface area contributed by atoms with Gasteiger partial charge >= 0.3 is 11.9 Å². The number of anilines is 6. The Balaban J connectivity index is 1.57. The van der Waals surface area contributed by atoms with Crippen LogP contribution in [0, 0.1) is 6.92 Å². The first kappa shape index (κ1) is 26.1. The Hall–Kier alpha value is -4.99. The van der Waals surface area contributed by atoms with Gasteiger partial charge in [-0.25, -0.2) is 4.79 Å². The van der Waals surface area contributed by atoms with E-state index in [2.05, 4.69) is 30.9 Å². The molecule has 0 aliphatic carbocycles. The van der Waals surface area contributed by atoms with Gasteiger partial charge in [-0.05, 0) is 80.1 Å². The smallest absolute Gasteiger partial charge is 0.338 e. The van der Waals surface area contributed by atoms with Crippen LogP contribution in [0.25, 0.3) is 0 Å². The molecule has 1 aromatic heterocycles. The van der Waals surface area contributed by atoms with E-state index in [9.17, 15) is 9.59 Å². The summed E-state index contributed by atoms with van der Waals surface area (Å²) in [6, 6.07) is 21.6. The van der Waals surface area contributed by atoms with Crippen LogP contribution in [-0.2, 0) is 9.53 Å². The van der Waals surface area contributed by atoms with Crippen LogP contribution >= 0.6 is 0 Å². The standard InChI is InChI=1S/C28H28N6O4/c1-4-24(35)38-23-15-13-21(14-16-23)30-27-32-26(29-20-11-9-19(10-12-20)25(36)37-5-2)33-28(34-27)31-22-8-6-7-18(3)17-22/h6-17H,4-5H2,1-3H3,(H3,29,30,31,32,33,34). The zero-order valence-electron chi connectivity index (χ0n) is 21.3. The van der Waals surface area contributed by atoms with Crippen LogP contribution in [0.15, 0.2) is 72.8 Å². The maximum Gasteiger partial charge on any atom is 0.338 e. The molecule has 0 saturated heterocycles. The lowest BCUT2D eigenvalue weighted by molar-refractivity contribution is -0.134. The molecule has 1 heterocycles. The first-order chi connectivity index (χ1) is 18.4. The van der Waals surface area contributed by atoms with Gasteiger partial charge in [0.2, 0.25) is 17.8 Å². The van der Waals surface area contributed by atoms with Crippen LogP contribution in [0.1, 0.15) is 36.2 Å². The summed E-state index contributed by atoms with van der Waals surface area (Å²) < 4.78 is 10.3. The average molecular weight is 513 g/mol. The van der Waals surface area contributed by atoms with Crippen LogP contribution in [0.2, 0.25) is 0 Å². The molecule has 0 spiro atoms. The van der Waals surface area contributed by atoms with Crippen molar-refractivity contribution in [2.75, 3.05) is 22.6 Å². The molecule has 10 heteroatoms. The topological polar surface area (TPSA) is 127 Å². The molecule has 10 nitrogen and oxygen atoms in total. The summed E-state index contributed by atoms with van der Waals surface area (Å²) in [6.45, 7) is 5.81. The number of aromatic nitrogens is 3. The number of carbonyl (C=O) groups is 2. The molecule has 3 N–H and O–H groups in total. The van der Waals surface area contributed by atoms with Gasteiger partial charge in [0.1, 0.15) is 5.75 Å². The van der Waals surface area contributed by atoms with Crippen LogP contribution in [-0.4, -0.2) is 33.5 Å². The Morgan fingerprint density at radius 2 is 1.29 bits per heavy atom. The minimum absolute atomic E-state index is 0.287. The summed E-state index contributed by atoms with van der Waals surface area (Å²) in [6.07, 6.45) is 0.295. The van der Waals surface area contributed by atoms with Crippen molar-refractivity contribution in [3.8, 4) is 5.75 Å². The molecule has 0 bridgehead atoms. The fraction of sp³-hybridized carbons (Fsp3) is 0.179. The lowest BCUT2D eigenvalue weighted by atomic mass is 10.2. The summed E-state index contributed by atoms with van der Waals surface area (Å²) in [5.74, 6) is 0.668. The largest absolute Gasteiger partial charge is 0.462 e. The second-order valence-corrected chi connectivity index (χ2v) is 8.20. The van der Waals surface area contributed by atoms with Gasteiger partial charge in [-0.1, -0.05) is 19.1 Å². The van der Waals surface area contributed by atoms with E-state index in [1.54, 1.807) is 62.4 Å². The van der Waals surface area contributed by atoms with Crippen molar-refractivity contribution in [2.24, 2.45) is 0 Å². The number of nitrogens with zero attached hydrogens (tertiary/aromatic N) is 3. The van der Waals surface area contributed by atoms with Crippen molar-refractivity contribution >= 4 is 46.8 Å². The Morgan fingerprint density at radius 1 is 0.737 bits per heavy atom. The second kappa shape index (κ2) is 12.3. The van der Waals surface area contributed by atoms with Gasteiger partial charge in [-0.15, -0.1) is 0 Å². The quantitative estimate of drug-likeness (QED) is 0.174. The highest BCUT2D eigenvalue weighted by atomic mass is 16.5. The summed E-state index contributed by atoms with van der Waals surface area (Å²) in [7, 11) is 0. The van der Waals surface area contributed by atoms with Crippen LogP contribution in [0.3, 0.4) is 0 Å². The predicted octanol–water partition coefficient (Wildman–Crippen LogP) is 5.90. The molecule has 0 saturated carbocycles. The molecule has 0 atom stereocenters.